The molecule has 0 bridgehead atoms. The Morgan fingerprint density at radius 1 is 1.37 bits per heavy atom. The minimum Gasteiger partial charge on any atom is -0.467 e. The standard InChI is InChI=1S/C20H25N3O3S/c1-2-13(12-24)21-20-22-18-17(15-8-4-3-5-9-16(15)27-18)19(25)23(20)11-14-7-6-10-26-14/h6-7,10,13,24H,2-5,8-9,11-12H2,1H3,(H,21,22)/t13-/m1/s1. The van der Waals surface area contributed by atoms with Crippen LogP contribution in [0.4, 0.5) is 5.95 Å². The van der Waals surface area contributed by atoms with Crippen LogP contribution in [0.1, 0.15) is 48.8 Å². The van der Waals surface area contributed by atoms with Gasteiger partial charge in [-0.3, -0.25) is 9.36 Å². The SMILES string of the molecule is CC[C@H](CO)Nc1nc2sc3c(c2c(=O)n1Cc1ccco1)CCCCC3. The lowest BCUT2D eigenvalue weighted by Crippen LogP contribution is -2.31. The predicted octanol–water partition coefficient (Wildman–Crippen LogP) is 3.55. The Bertz CT molecular complexity index is 971. The third-order valence-electron chi connectivity index (χ3n) is 5.27. The minimum absolute atomic E-state index is 0.00784. The molecule has 4 rings (SSSR count). The first-order valence-electron chi connectivity index (χ1n) is 9.66. The lowest BCUT2D eigenvalue weighted by Gasteiger charge is -2.18. The number of rotatable bonds is 6. The number of furan rings is 1. The highest BCUT2D eigenvalue weighted by Gasteiger charge is 2.22. The molecule has 0 aromatic carbocycles. The topological polar surface area (TPSA) is 80.3 Å². The van der Waals surface area contributed by atoms with Crippen molar-refractivity contribution in [2.75, 3.05) is 11.9 Å². The quantitative estimate of drug-likeness (QED) is 0.632. The van der Waals surface area contributed by atoms with Gasteiger partial charge < -0.3 is 14.8 Å². The molecule has 1 aliphatic carbocycles. The van der Waals surface area contributed by atoms with E-state index in [-0.39, 0.29) is 18.2 Å². The molecular formula is C20H25N3O3S. The van der Waals surface area contributed by atoms with Gasteiger partial charge in [0.2, 0.25) is 5.95 Å². The fourth-order valence-corrected chi connectivity index (χ4v) is 4.94. The van der Waals surface area contributed by atoms with Crippen LogP contribution < -0.4 is 10.9 Å². The summed E-state index contributed by atoms with van der Waals surface area (Å²) < 4.78 is 7.12. The summed E-state index contributed by atoms with van der Waals surface area (Å²) in [6, 6.07) is 3.53. The zero-order valence-electron chi connectivity index (χ0n) is 15.5. The van der Waals surface area contributed by atoms with E-state index in [0.29, 0.717) is 18.3 Å². The van der Waals surface area contributed by atoms with E-state index in [1.165, 1.54) is 23.3 Å². The minimum atomic E-state index is -0.144. The Morgan fingerprint density at radius 2 is 2.22 bits per heavy atom. The number of aliphatic hydroxyl groups excluding tert-OH is 1. The Hall–Kier alpha value is -2.12. The summed E-state index contributed by atoms with van der Waals surface area (Å²) >= 11 is 1.65. The smallest absolute Gasteiger partial charge is 0.264 e. The monoisotopic (exact) mass is 387 g/mol. The Labute approximate surface area is 161 Å². The van der Waals surface area contributed by atoms with E-state index in [1.54, 1.807) is 22.2 Å². The number of anilines is 1. The van der Waals surface area contributed by atoms with E-state index >= 15 is 0 Å². The molecule has 3 heterocycles. The normalized spacial score (nSPS) is 15.5. The van der Waals surface area contributed by atoms with Gasteiger partial charge in [0.25, 0.3) is 5.56 Å². The Morgan fingerprint density at radius 3 is 2.96 bits per heavy atom. The third kappa shape index (κ3) is 3.53. The fraction of sp³-hybridized carbons (Fsp3) is 0.500. The number of nitrogens with one attached hydrogen (secondary N) is 1. The van der Waals surface area contributed by atoms with Crippen molar-refractivity contribution in [1.82, 2.24) is 9.55 Å². The van der Waals surface area contributed by atoms with E-state index in [2.05, 4.69) is 5.32 Å². The van der Waals surface area contributed by atoms with Crippen molar-refractivity contribution in [3.8, 4) is 0 Å². The Balaban J connectivity index is 1.87. The van der Waals surface area contributed by atoms with Crippen LogP contribution in [0.2, 0.25) is 0 Å². The molecule has 1 atom stereocenters. The van der Waals surface area contributed by atoms with Crippen molar-refractivity contribution in [2.45, 2.75) is 58.0 Å². The highest BCUT2D eigenvalue weighted by Crippen LogP contribution is 2.33. The number of hydrogen-bond acceptors (Lipinski definition) is 6. The maximum atomic E-state index is 13.5. The molecule has 0 saturated carbocycles. The molecule has 0 unspecified atom stereocenters. The van der Waals surface area contributed by atoms with Crippen LogP contribution in [0, 0.1) is 0 Å². The molecule has 27 heavy (non-hydrogen) atoms. The fourth-order valence-electron chi connectivity index (χ4n) is 3.69. The zero-order valence-corrected chi connectivity index (χ0v) is 16.3. The highest BCUT2D eigenvalue weighted by atomic mass is 32.1. The number of thiophene rings is 1. The van der Waals surface area contributed by atoms with Crippen molar-refractivity contribution < 1.29 is 9.52 Å². The van der Waals surface area contributed by atoms with Gasteiger partial charge in [-0.15, -0.1) is 11.3 Å². The van der Waals surface area contributed by atoms with E-state index in [4.69, 9.17) is 9.40 Å². The van der Waals surface area contributed by atoms with Gasteiger partial charge in [-0.1, -0.05) is 13.3 Å². The van der Waals surface area contributed by atoms with Crippen LogP contribution >= 0.6 is 11.3 Å². The summed E-state index contributed by atoms with van der Waals surface area (Å²) in [5, 5.41) is 13.6. The molecule has 1 aliphatic rings. The van der Waals surface area contributed by atoms with Crippen LogP contribution in [-0.2, 0) is 19.4 Å². The van der Waals surface area contributed by atoms with Gasteiger partial charge in [0, 0.05) is 4.88 Å². The molecule has 0 aliphatic heterocycles. The molecular weight excluding hydrogens is 362 g/mol. The summed E-state index contributed by atoms with van der Waals surface area (Å²) in [5.74, 6) is 1.21. The molecule has 0 radical (unpaired) electrons. The van der Waals surface area contributed by atoms with Gasteiger partial charge in [0.05, 0.1) is 30.8 Å². The maximum Gasteiger partial charge on any atom is 0.264 e. The molecule has 3 aromatic rings. The van der Waals surface area contributed by atoms with Crippen LogP contribution in [0.5, 0.6) is 0 Å². The van der Waals surface area contributed by atoms with Crippen molar-refractivity contribution in [3.63, 3.8) is 0 Å². The average molecular weight is 388 g/mol. The maximum absolute atomic E-state index is 13.5. The average Bonchev–Trinajstić information content (AvgIpc) is 3.24. The molecule has 0 spiro atoms. The lowest BCUT2D eigenvalue weighted by molar-refractivity contribution is 0.271. The van der Waals surface area contributed by atoms with Crippen LogP contribution in [0.15, 0.2) is 27.6 Å². The molecule has 144 valence electrons. The number of nitrogens with zero attached hydrogens (tertiary/aromatic N) is 2. The van der Waals surface area contributed by atoms with Crippen molar-refractivity contribution in [3.05, 3.63) is 45.0 Å². The summed E-state index contributed by atoms with van der Waals surface area (Å²) in [4.78, 5) is 20.4. The van der Waals surface area contributed by atoms with Crippen LogP contribution in [0.25, 0.3) is 10.2 Å². The van der Waals surface area contributed by atoms with Crippen molar-refractivity contribution >= 4 is 27.5 Å². The largest absolute Gasteiger partial charge is 0.467 e. The van der Waals surface area contributed by atoms with E-state index in [0.717, 1.165) is 35.9 Å². The van der Waals surface area contributed by atoms with Gasteiger partial charge in [0.1, 0.15) is 10.6 Å². The molecule has 0 fully saturated rings. The molecule has 7 heteroatoms. The predicted molar refractivity (Wildman–Crippen MR) is 108 cm³/mol. The zero-order chi connectivity index (χ0) is 18.8. The van der Waals surface area contributed by atoms with E-state index in [1.807, 2.05) is 19.1 Å². The molecule has 2 N–H and O–H groups in total. The Kier molecular flexibility index (Phi) is 5.31. The highest BCUT2D eigenvalue weighted by molar-refractivity contribution is 7.18. The number of aryl methyl sites for hydroxylation is 2. The van der Waals surface area contributed by atoms with Gasteiger partial charge in [-0.25, -0.2) is 4.98 Å². The van der Waals surface area contributed by atoms with Crippen molar-refractivity contribution in [2.24, 2.45) is 0 Å². The first-order valence-corrected chi connectivity index (χ1v) is 10.5. The second-order valence-corrected chi connectivity index (χ2v) is 8.17. The molecule has 0 saturated heterocycles. The van der Waals surface area contributed by atoms with Gasteiger partial charge in [-0.05, 0) is 49.8 Å². The summed E-state index contributed by atoms with van der Waals surface area (Å²) in [5.41, 5.74) is 1.17. The van der Waals surface area contributed by atoms with E-state index in [9.17, 15) is 9.90 Å². The summed E-state index contributed by atoms with van der Waals surface area (Å²) in [6.45, 7) is 2.31. The first kappa shape index (κ1) is 18.3. The second-order valence-electron chi connectivity index (χ2n) is 7.08. The number of fused-ring (bicyclic) bond motifs is 3. The number of aliphatic hydroxyl groups is 1. The summed E-state index contributed by atoms with van der Waals surface area (Å²) in [6.07, 6.45) is 7.85. The lowest BCUT2D eigenvalue weighted by atomic mass is 10.1. The second kappa shape index (κ2) is 7.86. The number of aromatic nitrogens is 2. The first-order chi connectivity index (χ1) is 13.2. The summed E-state index contributed by atoms with van der Waals surface area (Å²) in [7, 11) is 0. The van der Waals surface area contributed by atoms with Crippen LogP contribution in [-0.4, -0.2) is 27.3 Å². The number of hydrogen-bond donors (Lipinski definition) is 2. The van der Waals surface area contributed by atoms with Gasteiger partial charge in [-0.2, -0.15) is 0 Å². The van der Waals surface area contributed by atoms with Crippen LogP contribution in [0.3, 0.4) is 0 Å². The van der Waals surface area contributed by atoms with Gasteiger partial charge in [0.15, 0.2) is 0 Å². The van der Waals surface area contributed by atoms with E-state index < -0.39 is 0 Å². The van der Waals surface area contributed by atoms with Crippen molar-refractivity contribution in [1.29, 1.82) is 0 Å². The van der Waals surface area contributed by atoms with Gasteiger partial charge >= 0.3 is 0 Å². The molecule has 3 aromatic heterocycles. The molecule has 6 nitrogen and oxygen atoms in total. The molecule has 0 amide bonds. The third-order valence-corrected chi connectivity index (χ3v) is 6.45.